The summed E-state index contributed by atoms with van der Waals surface area (Å²) in [6, 6.07) is 11.5. The Morgan fingerprint density at radius 1 is 1.00 bits per heavy atom. The highest BCUT2D eigenvalue weighted by Crippen LogP contribution is 2.20. The van der Waals surface area contributed by atoms with Gasteiger partial charge >= 0.3 is 0 Å². The summed E-state index contributed by atoms with van der Waals surface area (Å²) in [7, 11) is 0. The lowest BCUT2D eigenvalue weighted by molar-refractivity contribution is -0.128. The Morgan fingerprint density at radius 2 is 1.64 bits per heavy atom. The Balaban J connectivity index is 1.49. The fourth-order valence-corrected chi connectivity index (χ4v) is 3.58. The molecule has 0 saturated carbocycles. The highest BCUT2D eigenvalue weighted by molar-refractivity contribution is 8.00. The first-order valence-electron chi connectivity index (χ1n) is 8.30. The van der Waals surface area contributed by atoms with Crippen molar-refractivity contribution in [3.05, 3.63) is 54.4 Å². The zero-order chi connectivity index (χ0) is 17.6. The number of aromatic nitrogens is 1. The van der Waals surface area contributed by atoms with E-state index in [1.807, 2.05) is 41.3 Å². The number of hydrogen-bond acceptors (Lipinski definition) is 5. The molecular weight excluding hydrogens is 334 g/mol. The summed E-state index contributed by atoms with van der Waals surface area (Å²) < 4.78 is 0. The number of benzene rings is 1. The standard InChI is InChI=1S/C19H21N3O2S/c1-15(23)16-2-4-17(5-3-16)21-10-12-22(13-11-21)19(24)14-25-18-6-8-20-9-7-18/h2-9H,10-14H2,1H3. The molecule has 0 aliphatic carbocycles. The topological polar surface area (TPSA) is 53.5 Å². The van der Waals surface area contributed by atoms with Crippen molar-refractivity contribution in [2.24, 2.45) is 0 Å². The van der Waals surface area contributed by atoms with Gasteiger partial charge in [0.15, 0.2) is 5.78 Å². The minimum absolute atomic E-state index is 0.0775. The molecule has 3 rings (SSSR count). The molecule has 1 fully saturated rings. The van der Waals surface area contributed by atoms with Crippen LogP contribution in [0, 0.1) is 0 Å². The quantitative estimate of drug-likeness (QED) is 0.610. The molecule has 0 N–H and O–H groups in total. The molecule has 1 saturated heterocycles. The van der Waals surface area contributed by atoms with E-state index in [2.05, 4.69) is 9.88 Å². The molecule has 130 valence electrons. The minimum Gasteiger partial charge on any atom is -0.368 e. The van der Waals surface area contributed by atoms with Gasteiger partial charge in [0, 0.05) is 54.7 Å². The van der Waals surface area contributed by atoms with Crippen molar-refractivity contribution in [2.75, 3.05) is 36.8 Å². The van der Waals surface area contributed by atoms with Crippen LogP contribution < -0.4 is 4.90 Å². The van der Waals surface area contributed by atoms with Crippen molar-refractivity contribution in [1.29, 1.82) is 0 Å². The van der Waals surface area contributed by atoms with Gasteiger partial charge in [0.25, 0.3) is 0 Å². The smallest absolute Gasteiger partial charge is 0.233 e. The molecule has 5 nitrogen and oxygen atoms in total. The molecule has 1 aliphatic heterocycles. The monoisotopic (exact) mass is 355 g/mol. The molecule has 2 aromatic rings. The number of carbonyl (C=O) groups excluding carboxylic acids is 2. The molecule has 1 aromatic heterocycles. The normalized spacial score (nSPS) is 14.4. The van der Waals surface area contributed by atoms with Crippen LogP contribution in [0.1, 0.15) is 17.3 Å². The highest BCUT2D eigenvalue weighted by Gasteiger charge is 2.21. The van der Waals surface area contributed by atoms with Gasteiger partial charge in [-0.2, -0.15) is 0 Å². The summed E-state index contributed by atoms with van der Waals surface area (Å²) in [5.74, 6) is 0.708. The number of anilines is 1. The van der Waals surface area contributed by atoms with Crippen molar-refractivity contribution >= 4 is 29.1 Å². The van der Waals surface area contributed by atoms with Crippen molar-refractivity contribution in [3.63, 3.8) is 0 Å². The Labute approximate surface area is 152 Å². The SMILES string of the molecule is CC(=O)c1ccc(N2CCN(C(=O)CSc3ccncc3)CC2)cc1. The average molecular weight is 355 g/mol. The first-order valence-corrected chi connectivity index (χ1v) is 9.28. The fraction of sp³-hybridized carbons (Fsp3) is 0.316. The van der Waals surface area contributed by atoms with E-state index in [1.165, 1.54) is 0 Å². The fourth-order valence-electron chi connectivity index (χ4n) is 2.79. The van der Waals surface area contributed by atoms with E-state index in [1.54, 1.807) is 31.1 Å². The zero-order valence-corrected chi connectivity index (χ0v) is 15.0. The van der Waals surface area contributed by atoms with E-state index in [9.17, 15) is 9.59 Å². The molecule has 0 spiro atoms. The van der Waals surface area contributed by atoms with Crippen molar-refractivity contribution in [2.45, 2.75) is 11.8 Å². The van der Waals surface area contributed by atoms with Gasteiger partial charge in [-0.25, -0.2) is 0 Å². The Bertz CT molecular complexity index is 726. The maximum absolute atomic E-state index is 12.4. The summed E-state index contributed by atoms with van der Waals surface area (Å²) in [5.41, 5.74) is 1.83. The maximum Gasteiger partial charge on any atom is 0.233 e. The van der Waals surface area contributed by atoms with E-state index in [0.717, 1.165) is 42.3 Å². The lowest BCUT2D eigenvalue weighted by Gasteiger charge is -2.36. The van der Waals surface area contributed by atoms with Crippen LogP contribution in [0.3, 0.4) is 0 Å². The van der Waals surface area contributed by atoms with Crippen molar-refractivity contribution in [3.8, 4) is 0 Å². The van der Waals surface area contributed by atoms with E-state index < -0.39 is 0 Å². The molecule has 6 heteroatoms. The molecule has 1 aromatic carbocycles. The molecule has 0 unspecified atom stereocenters. The number of rotatable bonds is 5. The van der Waals surface area contributed by atoms with Crippen LogP contribution >= 0.6 is 11.8 Å². The second-order valence-electron chi connectivity index (χ2n) is 5.94. The predicted octanol–water partition coefficient (Wildman–Crippen LogP) is 2.73. The van der Waals surface area contributed by atoms with E-state index in [4.69, 9.17) is 0 Å². The summed E-state index contributed by atoms with van der Waals surface area (Å²) >= 11 is 1.55. The van der Waals surface area contributed by atoms with Crippen LogP contribution in [0.25, 0.3) is 0 Å². The Kier molecular flexibility index (Phi) is 5.71. The van der Waals surface area contributed by atoms with Crippen LogP contribution in [0.2, 0.25) is 0 Å². The first-order chi connectivity index (χ1) is 12.1. The van der Waals surface area contributed by atoms with Crippen LogP contribution in [0.15, 0.2) is 53.7 Å². The minimum atomic E-state index is 0.0775. The number of piperazine rings is 1. The number of nitrogens with zero attached hydrogens (tertiary/aromatic N) is 3. The largest absolute Gasteiger partial charge is 0.368 e. The number of carbonyl (C=O) groups is 2. The lowest BCUT2D eigenvalue weighted by Crippen LogP contribution is -2.49. The number of pyridine rings is 1. The van der Waals surface area contributed by atoms with E-state index >= 15 is 0 Å². The van der Waals surface area contributed by atoms with Gasteiger partial charge < -0.3 is 9.80 Å². The zero-order valence-electron chi connectivity index (χ0n) is 14.2. The third kappa shape index (κ3) is 4.60. The summed E-state index contributed by atoms with van der Waals surface area (Å²) in [5, 5.41) is 0. The van der Waals surface area contributed by atoms with Gasteiger partial charge in [-0.1, -0.05) is 0 Å². The molecule has 1 amide bonds. The van der Waals surface area contributed by atoms with Crippen LogP contribution in [-0.2, 0) is 4.79 Å². The summed E-state index contributed by atoms with van der Waals surface area (Å²) in [6.45, 7) is 4.65. The van der Waals surface area contributed by atoms with Crippen LogP contribution in [-0.4, -0.2) is 53.5 Å². The maximum atomic E-state index is 12.4. The molecule has 25 heavy (non-hydrogen) atoms. The number of hydrogen-bond donors (Lipinski definition) is 0. The molecule has 2 heterocycles. The van der Waals surface area contributed by atoms with E-state index in [-0.39, 0.29) is 11.7 Å². The predicted molar refractivity (Wildman–Crippen MR) is 100 cm³/mol. The Hall–Kier alpha value is -2.34. The van der Waals surface area contributed by atoms with Crippen LogP contribution in [0.5, 0.6) is 0 Å². The third-order valence-corrected chi connectivity index (χ3v) is 5.28. The highest BCUT2D eigenvalue weighted by atomic mass is 32.2. The van der Waals surface area contributed by atoms with Gasteiger partial charge in [-0.05, 0) is 43.3 Å². The molecular formula is C19H21N3O2S. The lowest BCUT2D eigenvalue weighted by atomic mass is 10.1. The summed E-state index contributed by atoms with van der Waals surface area (Å²) in [6.07, 6.45) is 3.48. The number of ketones is 1. The molecule has 0 radical (unpaired) electrons. The second-order valence-corrected chi connectivity index (χ2v) is 6.99. The van der Waals surface area contributed by atoms with Gasteiger partial charge in [0.1, 0.15) is 0 Å². The van der Waals surface area contributed by atoms with Gasteiger partial charge in [0.2, 0.25) is 5.91 Å². The Morgan fingerprint density at radius 3 is 2.24 bits per heavy atom. The molecule has 1 aliphatic rings. The average Bonchev–Trinajstić information content (AvgIpc) is 2.67. The van der Waals surface area contributed by atoms with Crippen LogP contribution in [0.4, 0.5) is 5.69 Å². The van der Waals surface area contributed by atoms with Crippen molar-refractivity contribution < 1.29 is 9.59 Å². The second kappa shape index (κ2) is 8.16. The van der Waals surface area contributed by atoms with Gasteiger partial charge in [-0.3, -0.25) is 14.6 Å². The number of amides is 1. The van der Waals surface area contributed by atoms with E-state index in [0.29, 0.717) is 5.75 Å². The first kappa shape index (κ1) is 17.5. The third-order valence-electron chi connectivity index (χ3n) is 4.28. The number of thioether (sulfide) groups is 1. The molecule has 0 atom stereocenters. The van der Waals surface area contributed by atoms with Gasteiger partial charge in [0.05, 0.1) is 5.75 Å². The summed E-state index contributed by atoms with van der Waals surface area (Å²) in [4.78, 5) is 32.9. The number of Topliss-reactive ketones (excluding diaryl/α,β-unsaturated/α-hetero) is 1. The van der Waals surface area contributed by atoms with Crippen molar-refractivity contribution in [1.82, 2.24) is 9.88 Å². The van der Waals surface area contributed by atoms with Gasteiger partial charge in [-0.15, -0.1) is 11.8 Å². The molecule has 0 bridgehead atoms.